The van der Waals surface area contributed by atoms with E-state index in [1.54, 1.807) is 0 Å². The smallest absolute Gasteiger partial charge is 0.0138 e. The Balaban J connectivity index is 1.28. The van der Waals surface area contributed by atoms with E-state index >= 15 is 0 Å². The van der Waals surface area contributed by atoms with Crippen LogP contribution in [0, 0.1) is 11.8 Å². The van der Waals surface area contributed by atoms with Crippen LogP contribution in [0.5, 0.6) is 0 Å². The first-order valence-electron chi connectivity index (χ1n) is 10.2. The van der Waals surface area contributed by atoms with Gasteiger partial charge in [-0.05, 0) is 31.1 Å². The van der Waals surface area contributed by atoms with Crippen LogP contribution in [0.25, 0.3) is 0 Å². The first-order valence-corrected chi connectivity index (χ1v) is 13.3. The minimum absolute atomic E-state index is 0.976. The summed E-state index contributed by atoms with van der Waals surface area (Å²) in [5.41, 5.74) is 0. The number of hydrogen-bond acceptors (Lipinski definition) is 3. The van der Waals surface area contributed by atoms with Crippen LogP contribution in [0.2, 0.25) is 0 Å². The Morgan fingerprint density at radius 1 is 0.652 bits per heavy atom. The monoisotopic (exact) mass is 372 g/mol. The molecule has 0 aromatic heterocycles. The van der Waals surface area contributed by atoms with Gasteiger partial charge >= 0.3 is 0 Å². The topological polar surface area (TPSA) is 0 Å². The van der Waals surface area contributed by atoms with Gasteiger partial charge in [-0.15, -0.1) is 0 Å². The largest absolute Gasteiger partial charge is 0.157 e. The Labute approximate surface area is 157 Å². The van der Waals surface area contributed by atoms with Gasteiger partial charge in [-0.3, -0.25) is 0 Å². The normalized spacial score (nSPS) is 30.9. The van der Waals surface area contributed by atoms with E-state index < -0.39 is 0 Å². The van der Waals surface area contributed by atoms with Gasteiger partial charge in [-0.1, -0.05) is 58.3 Å². The van der Waals surface area contributed by atoms with Crippen LogP contribution in [-0.2, 0) is 0 Å². The fourth-order valence-corrected chi connectivity index (χ4v) is 5.79. The Hall–Kier alpha value is 1.05. The summed E-state index contributed by atoms with van der Waals surface area (Å²) in [6.45, 7) is 2.57. The van der Waals surface area contributed by atoms with Gasteiger partial charge in [0.05, 0.1) is 0 Å². The highest BCUT2D eigenvalue weighted by molar-refractivity contribution is 8.07. The Kier molecular flexibility index (Phi) is 8.40. The molecule has 0 radical (unpaired) electrons. The van der Waals surface area contributed by atoms with Gasteiger partial charge < -0.3 is 0 Å². The van der Waals surface area contributed by atoms with Crippen molar-refractivity contribution < 1.29 is 0 Å². The van der Waals surface area contributed by atoms with Crippen LogP contribution in [0.1, 0.15) is 77.6 Å². The molecule has 23 heavy (non-hydrogen) atoms. The second-order valence-corrected chi connectivity index (χ2v) is 12.1. The molecule has 0 nitrogen and oxygen atoms in total. The minimum atomic E-state index is 0.976. The molecule has 0 amide bonds. The second-order valence-electron chi connectivity index (χ2n) is 8.10. The molecule has 3 heterocycles. The number of unbranched alkanes of at least 4 members (excludes halogenated alkanes) is 2. The molecule has 134 valence electrons. The summed E-state index contributed by atoms with van der Waals surface area (Å²) in [4.78, 5) is 0. The fraction of sp³-hybridized carbons (Fsp3) is 1.00. The predicted octanol–water partition coefficient (Wildman–Crippen LogP) is 6.88. The van der Waals surface area contributed by atoms with Gasteiger partial charge in [0.2, 0.25) is 0 Å². The van der Waals surface area contributed by atoms with Crippen molar-refractivity contribution in [3.05, 3.63) is 0 Å². The maximum Gasteiger partial charge on any atom is 0.0138 e. The molecule has 3 aliphatic heterocycles. The molecule has 0 aromatic rings. The summed E-state index contributed by atoms with van der Waals surface area (Å²) in [7, 11) is 0. The van der Waals surface area contributed by atoms with E-state index in [1.165, 1.54) is 87.9 Å². The van der Waals surface area contributed by atoms with E-state index in [-0.39, 0.29) is 0 Å². The molecule has 5 atom stereocenters. The highest BCUT2D eigenvalue weighted by Crippen LogP contribution is 2.38. The molecule has 3 aliphatic rings. The summed E-state index contributed by atoms with van der Waals surface area (Å²) in [5, 5.41) is 3.16. The van der Waals surface area contributed by atoms with Crippen LogP contribution in [0.15, 0.2) is 0 Å². The Morgan fingerprint density at radius 2 is 1.13 bits per heavy atom. The lowest BCUT2D eigenvalue weighted by Crippen LogP contribution is -2.13. The molecule has 3 saturated heterocycles. The van der Waals surface area contributed by atoms with E-state index in [2.05, 4.69) is 42.2 Å². The summed E-state index contributed by atoms with van der Waals surface area (Å²) in [6.07, 6.45) is 16.5. The summed E-state index contributed by atoms with van der Waals surface area (Å²) < 4.78 is 0. The van der Waals surface area contributed by atoms with Crippen LogP contribution in [0.3, 0.4) is 0 Å². The first kappa shape index (κ1) is 18.8. The first-order chi connectivity index (χ1) is 11.3. The van der Waals surface area contributed by atoms with Gasteiger partial charge in [-0.25, -0.2) is 0 Å². The van der Waals surface area contributed by atoms with Crippen molar-refractivity contribution >= 4 is 35.3 Å². The molecular weight excluding hydrogens is 336 g/mol. The van der Waals surface area contributed by atoms with Gasteiger partial charge in [-0.2, -0.15) is 35.3 Å². The van der Waals surface area contributed by atoms with Crippen LogP contribution in [-0.4, -0.2) is 33.0 Å². The molecule has 0 saturated carbocycles. The molecule has 0 N–H and O–H groups in total. The van der Waals surface area contributed by atoms with Crippen molar-refractivity contribution in [2.45, 2.75) is 93.3 Å². The standard InChI is InChI=1S/C20H36S3/c1-16(7-5-11-19-14-22-19)17(9-6-12-20-15-23-20)8-3-2-4-10-18-13-21-18/h16-20H,2-15H2,1H3. The summed E-state index contributed by atoms with van der Waals surface area (Å²) >= 11 is 6.53. The van der Waals surface area contributed by atoms with Crippen LogP contribution >= 0.6 is 35.3 Å². The fourth-order valence-electron chi connectivity index (χ4n) is 3.88. The van der Waals surface area contributed by atoms with Gasteiger partial charge in [0.25, 0.3) is 0 Å². The van der Waals surface area contributed by atoms with E-state index in [4.69, 9.17) is 0 Å². The Morgan fingerprint density at radius 3 is 1.70 bits per heavy atom. The molecule has 0 bridgehead atoms. The van der Waals surface area contributed by atoms with Crippen molar-refractivity contribution in [2.75, 3.05) is 17.3 Å². The zero-order valence-corrected chi connectivity index (χ0v) is 17.5. The second kappa shape index (κ2) is 10.3. The molecule has 3 fully saturated rings. The zero-order chi connectivity index (χ0) is 15.9. The molecule has 0 aliphatic carbocycles. The minimum Gasteiger partial charge on any atom is -0.157 e. The molecule has 3 heteroatoms. The van der Waals surface area contributed by atoms with Crippen molar-refractivity contribution in [3.63, 3.8) is 0 Å². The maximum atomic E-state index is 2.57. The maximum absolute atomic E-state index is 2.57. The predicted molar refractivity (Wildman–Crippen MR) is 112 cm³/mol. The van der Waals surface area contributed by atoms with E-state index in [1.807, 2.05) is 0 Å². The molecule has 0 aromatic carbocycles. The lowest BCUT2D eigenvalue weighted by atomic mass is 9.82. The van der Waals surface area contributed by atoms with E-state index in [0.29, 0.717) is 0 Å². The summed E-state index contributed by atoms with van der Waals surface area (Å²) in [6, 6.07) is 0. The van der Waals surface area contributed by atoms with E-state index in [9.17, 15) is 0 Å². The Bertz CT molecular complexity index is 321. The third-order valence-electron chi connectivity index (χ3n) is 5.90. The lowest BCUT2D eigenvalue weighted by Gasteiger charge is -2.24. The molecule has 3 rings (SSSR count). The zero-order valence-electron chi connectivity index (χ0n) is 15.0. The van der Waals surface area contributed by atoms with Gasteiger partial charge in [0, 0.05) is 33.0 Å². The number of hydrogen-bond donors (Lipinski definition) is 0. The van der Waals surface area contributed by atoms with Crippen molar-refractivity contribution in [3.8, 4) is 0 Å². The van der Waals surface area contributed by atoms with Crippen molar-refractivity contribution in [2.24, 2.45) is 11.8 Å². The lowest BCUT2D eigenvalue weighted by molar-refractivity contribution is 0.277. The van der Waals surface area contributed by atoms with Crippen molar-refractivity contribution in [1.82, 2.24) is 0 Å². The molecular formula is C20H36S3. The van der Waals surface area contributed by atoms with Crippen LogP contribution < -0.4 is 0 Å². The van der Waals surface area contributed by atoms with E-state index in [0.717, 1.165) is 27.6 Å². The third kappa shape index (κ3) is 8.81. The highest BCUT2D eigenvalue weighted by Gasteiger charge is 2.25. The molecule has 0 spiro atoms. The summed E-state index contributed by atoms with van der Waals surface area (Å²) in [5.74, 6) is 6.37. The van der Waals surface area contributed by atoms with Gasteiger partial charge in [0.15, 0.2) is 0 Å². The highest BCUT2D eigenvalue weighted by atomic mass is 32.2. The third-order valence-corrected chi connectivity index (χ3v) is 9.02. The quantitative estimate of drug-likeness (QED) is 0.227. The number of rotatable bonds is 15. The average Bonchev–Trinajstić information content (AvgIpc) is 3.35. The average molecular weight is 373 g/mol. The SMILES string of the molecule is CC(CCCC1CS1)C(CCCCCC1CS1)CCCC1CS1. The number of thioether (sulfide) groups is 3. The van der Waals surface area contributed by atoms with Crippen LogP contribution in [0.4, 0.5) is 0 Å². The van der Waals surface area contributed by atoms with Gasteiger partial charge in [0.1, 0.15) is 0 Å². The van der Waals surface area contributed by atoms with Crippen molar-refractivity contribution in [1.29, 1.82) is 0 Å². The molecule has 5 unspecified atom stereocenters.